The molecule has 0 amide bonds. The Morgan fingerprint density at radius 2 is 1.97 bits per heavy atom. The minimum atomic E-state index is 0.0458. The first-order chi connectivity index (χ1) is 14.5. The van der Waals surface area contributed by atoms with E-state index in [2.05, 4.69) is 70.6 Å². The zero-order valence-electron chi connectivity index (χ0n) is 18.5. The Morgan fingerprint density at radius 3 is 2.60 bits per heavy atom. The number of thiocarbonyl (C=S) groups is 1. The second-order valence-electron chi connectivity index (χ2n) is 8.56. The Hall–Kier alpha value is -1.96. The van der Waals surface area contributed by atoms with Gasteiger partial charge in [0.05, 0.1) is 31.0 Å². The van der Waals surface area contributed by atoms with Gasteiger partial charge in [-0.05, 0) is 63.7 Å². The topological polar surface area (TPSA) is 45.6 Å². The molecule has 4 rings (SSSR count). The van der Waals surface area contributed by atoms with Crippen LogP contribution in [0.4, 0.5) is 0 Å². The molecule has 7 heteroatoms. The van der Waals surface area contributed by atoms with Gasteiger partial charge in [-0.3, -0.25) is 9.88 Å². The fraction of sp³-hybridized carbons (Fsp3) is 0.565. The lowest BCUT2D eigenvalue weighted by Crippen LogP contribution is -2.42. The van der Waals surface area contributed by atoms with Crippen molar-refractivity contribution >= 4 is 17.3 Å². The SMILES string of the molecule is Cc1cc([C@H]2[C@@H](c3ccccn3)NC(=S)N2CCN2CCOCC2)c(C)n1C(C)C. The number of pyridine rings is 1. The van der Waals surface area contributed by atoms with Crippen molar-refractivity contribution in [3.63, 3.8) is 0 Å². The number of hydrogen-bond acceptors (Lipinski definition) is 4. The van der Waals surface area contributed by atoms with E-state index < -0.39 is 0 Å². The van der Waals surface area contributed by atoms with Crippen molar-refractivity contribution in [3.05, 3.63) is 53.1 Å². The third kappa shape index (κ3) is 4.11. The molecule has 2 aromatic heterocycles. The quantitative estimate of drug-likeness (QED) is 0.713. The van der Waals surface area contributed by atoms with E-state index in [1.807, 2.05) is 12.3 Å². The van der Waals surface area contributed by atoms with Crippen molar-refractivity contribution in [2.45, 2.75) is 45.8 Å². The van der Waals surface area contributed by atoms with Gasteiger partial charge in [0.15, 0.2) is 5.11 Å². The van der Waals surface area contributed by atoms with Crippen molar-refractivity contribution in [1.29, 1.82) is 0 Å². The van der Waals surface area contributed by atoms with Crippen molar-refractivity contribution < 1.29 is 4.74 Å². The van der Waals surface area contributed by atoms with Crippen LogP contribution in [0.25, 0.3) is 0 Å². The van der Waals surface area contributed by atoms with Gasteiger partial charge >= 0.3 is 0 Å². The van der Waals surface area contributed by atoms with Crippen LogP contribution in [0, 0.1) is 13.8 Å². The summed E-state index contributed by atoms with van der Waals surface area (Å²) in [6.07, 6.45) is 1.87. The molecule has 30 heavy (non-hydrogen) atoms. The predicted molar refractivity (Wildman–Crippen MR) is 124 cm³/mol. The Labute approximate surface area is 185 Å². The second-order valence-corrected chi connectivity index (χ2v) is 8.95. The monoisotopic (exact) mass is 427 g/mol. The maximum absolute atomic E-state index is 5.83. The van der Waals surface area contributed by atoms with Crippen LogP contribution >= 0.6 is 12.2 Å². The van der Waals surface area contributed by atoms with Crippen LogP contribution in [-0.2, 0) is 4.74 Å². The molecule has 1 N–H and O–H groups in total. The molecule has 2 atom stereocenters. The van der Waals surface area contributed by atoms with Gasteiger partial charge in [0.25, 0.3) is 0 Å². The summed E-state index contributed by atoms with van der Waals surface area (Å²) in [5.74, 6) is 0. The molecule has 0 aromatic carbocycles. The van der Waals surface area contributed by atoms with Gasteiger partial charge in [0.2, 0.25) is 0 Å². The smallest absolute Gasteiger partial charge is 0.170 e. The number of ether oxygens (including phenoxy) is 1. The first-order valence-corrected chi connectivity index (χ1v) is 11.3. The Morgan fingerprint density at radius 1 is 1.20 bits per heavy atom. The molecule has 2 fully saturated rings. The van der Waals surface area contributed by atoms with Gasteiger partial charge in [-0.1, -0.05) is 6.07 Å². The number of aromatic nitrogens is 2. The minimum Gasteiger partial charge on any atom is -0.379 e. The maximum atomic E-state index is 5.83. The first-order valence-electron chi connectivity index (χ1n) is 10.9. The van der Waals surface area contributed by atoms with Crippen LogP contribution in [0.3, 0.4) is 0 Å². The molecule has 0 spiro atoms. The van der Waals surface area contributed by atoms with Crippen LogP contribution in [0.2, 0.25) is 0 Å². The molecule has 162 valence electrons. The molecule has 2 saturated heterocycles. The highest BCUT2D eigenvalue weighted by molar-refractivity contribution is 7.80. The normalized spacial score (nSPS) is 22.7. The van der Waals surface area contributed by atoms with E-state index in [0.29, 0.717) is 6.04 Å². The Kier molecular flexibility index (Phi) is 6.41. The highest BCUT2D eigenvalue weighted by Gasteiger charge is 2.41. The number of nitrogens with one attached hydrogen (secondary N) is 1. The van der Waals surface area contributed by atoms with Gasteiger partial charge in [0, 0.05) is 49.8 Å². The van der Waals surface area contributed by atoms with Gasteiger partial charge in [-0.15, -0.1) is 0 Å². The van der Waals surface area contributed by atoms with E-state index in [1.165, 1.54) is 17.0 Å². The standard InChI is InChI=1S/C23H33N5OS/c1-16(2)28-17(3)15-19(18(28)4)22-21(20-7-5-6-8-24-20)25-23(30)27(22)10-9-26-11-13-29-14-12-26/h5-8,15-16,21-22H,9-14H2,1-4H3,(H,25,30)/t21-,22+/m1/s1. The largest absolute Gasteiger partial charge is 0.379 e. The number of rotatable bonds is 6. The summed E-state index contributed by atoms with van der Waals surface area (Å²) in [6, 6.07) is 9.06. The molecule has 2 aliphatic rings. The lowest BCUT2D eigenvalue weighted by atomic mass is 9.96. The third-order valence-corrected chi connectivity index (χ3v) is 6.67. The summed E-state index contributed by atoms with van der Waals surface area (Å²) in [5.41, 5.74) is 4.98. The summed E-state index contributed by atoms with van der Waals surface area (Å²) in [5, 5.41) is 4.40. The minimum absolute atomic E-state index is 0.0458. The number of aryl methyl sites for hydroxylation is 1. The van der Waals surface area contributed by atoms with Gasteiger partial charge < -0.3 is 19.5 Å². The first kappa shape index (κ1) is 21.3. The van der Waals surface area contributed by atoms with Crippen molar-refractivity contribution in [2.75, 3.05) is 39.4 Å². The summed E-state index contributed by atoms with van der Waals surface area (Å²) < 4.78 is 7.93. The summed E-state index contributed by atoms with van der Waals surface area (Å²) in [4.78, 5) is 9.51. The number of hydrogen-bond donors (Lipinski definition) is 1. The lowest BCUT2D eigenvalue weighted by molar-refractivity contribution is 0.0350. The average molecular weight is 428 g/mol. The molecule has 4 heterocycles. The fourth-order valence-electron chi connectivity index (χ4n) is 4.96. The van der Waals surface area contributed by atoms with E-state index in [9.17, 15) is 0 Å². The highest BCUT2D eigenvalue weighted by atomic mass is 32.1. The van der Waals surface area contributed by atoms with Crippen LogP contribution < -0.4 is 5.32 Å². The van der Waals surface area contributed by atoms with Gasteiger partial charge in [0.1, 0.15) is 0 Å². The van der Waals surface area contributed by atoms with E-state index in [4.69, 9.17) is 17.0 Å². The predicted octanol–water partition coefficient (Wildman–Crippen LogP) is 3.39. The zero-order chi connectivity index (χ0) is 21.3. The Bertz CT molecular complexity index is 875. The molecular formula is C23H33N5OS. The van der Waals surface area contributed by atoms with Gasteiger partial charge in [-0.2, -0.15) is 0 Å². The second kappa shape index (κ2) is 9.04. The number of nitrogens with zero attached hydrogens (tertiary/aromatic N) is 4. The highest BCUT2D eigenvalue weighted by Crippen LogP contribution is 2.41. The van der Waals surface area contributed by atoms with E-state index in [1.54, 1.807) is 0 Å². The van der Waals surface area contributed by atoms with E-state index in [-0.39, 0.29) is 12.1 Å². The van der Waals surface area contributed by atoms with Crippen LogP contribution in [-0.4, -0.2) is 63.9 Å². The molecular weight excluding hydrogens is 394 g/mol. The molecule has 0 aliphatic carbocycles. The molecule has 0 radical (unpaired) electrons. The fourth-order valence-corrected chi connectivity index (χ4v) is 5.29. The number of morpholine rings is 1. The van der Waals surface area contributed by atoms with E-state index in [0.717, 1.165) is 50.2 Å². The molecule has 0 unspecified atom stereocenters. The van der Waals surface area contributed by atoms with Crippen molar-refractivity contribution in [1.82, 2.24) is 24.7 Å². The summed E-state index contributed by atoms with van der Waals surface area (Å²) in [7, 11) is 0. The average Bonchev–Trinajstić information content (AvgIpc) is 3.23. The lowest BCUT2D eigenvalue weighted by Gasteiger charge is -2.32. The molecule has 0 saturated carbocycles. The third-order valence-electron chi connectivity index (χ3n) is 6.32. The van der Waals surface area contributed by atoms with Crippen molar-refractivity contribution in [2.24, 2.45) is 0 Å². The molecule has 0 bridgehead atoms. The van der Waals surface area contributed by atoms with Crippen LogP contribution in [0.15, 0.2) is 30.5 Å². The Balaban J connectivity index is 1.68. The summed E-state index contributed by atoms with van der Waals surface area (Å²) >= 11 is 5.83. The van der Waals surface area contributed by atoms with Gasteiger partial charge in [-0.25, -0.2) is 0 Å². The van der Waals surface area contributed by atoms with Crippen LogP contribution in [0.1, 0.15) is 54.6 Å². The zero-order valence-corrected chi connectivity index (χ0v) is 19.3. The van der Waals surface area contributed by atoms with Crippen molar-refractivity contribution in [3.8, 4) is 0 Å². The molecule has 2 aromatic rings. The molecule has 2 aliphatic heterocycles. The maximum Gasteiger partial charge on any atom is 0.170 e. The summed E-state index contributed by atoms with van der Waals surface area (Å²) in [6.45, 7) is 14.4. The van der Waals surface area contributed by atoms with Crippen LogP contribution in [0.5, 0.6) is 0 Å². The van der Waals surface area contributed by atoms with E-state index >= 15 is 0 Å². The molecule has 6 nitrogen and oxygen atoms in total.